The number of hydrogen-bond donors (Lipinski definition) is 1. The third-order valence-corrected chi connectivity index (χ3v) is 4.90. The van der Waals surface area contributed by atoms with Gasteiger partial charge < -0.3 is 19.6 Å². The van der Waals surface area contributed by atoms with Gasteiger partial charge in [-0.1, -0.05) is 0 Å². The fraction of sp³-hybridized carbons (Fsp3) is 1.00. The van der Waals surface area contributed by atoms with Crippen molar-refractivity contribution < 1.29 is 9.84 Å². The van der Waals surface area contributed by atoms with Gasteiger partial charge in [0.05, 0.1) is 6.61 Å². The van der Waals surface area contributed by atoms with Crippen molar-refractivity contribution in [3.05, 3.63) is 0 Å². The fourth-order valence-corrected chi connectivity index (χ4v) is 3.49. The Kier molecular flexibility index (Phi) is 5.63. The largest absolute Gasteiger partial charge is 0.396 e. The molecule has 2 rings (SSSR count). The molecule has 0 aromatic heterocycles. The number of aliphatic hydroxyl groups is 1. The molecule has 2 saturated heterocycles. The molecule has 0 amide bonds. The highest BCUT2D eigenvalue weighted by molar-refractivity contribution is 4.85. The molecule has 0 aromatic carbocycles. The molecule has 2 aliphatic rings. The van der Waals surface area contributed by atoms with E-state index in [2.05, 4.69) is 23.9 Å². The lowest BCUT2D eigenvalue weighted by atomic mass is 9.80. The van der Waals surface area contributed by atoms with Crippen molar-refractivity contribution >= 4 is 0 Å². The average molecular weight is 270 g/mol. The summed E-state index contributed by atoms with van der Waals surface area (Å²) in [5.74, 6) is 0.830. The van der Waals surface area contributed by atoms with Crippen LogP contribution in [0.3, 0.4) is 0 Å². The summed E-state index contributed by atoms with van der Waals surface area (Å²) in [6.07, 6.45) is 4.63. The summed E-state index contributed by atoms with van der Waals surface area (Å²) in [5.41, 5.74) is 0.0818. The first-order chi connectivity index (χ1) is 9.13. The first kappa shape index (κ1) is 15.2. The van der Waals surface area contributed by atoms with Crippen LogP contribution in [-0.4, -0.2) is 75.0 Å². The van der Waals surface area contributed by atoms with E-state index in [1.165, 1.54) is 32.5 Å². The third-order valence-electron chi connectivity index (χ3n) is 4.90. The van der Waals surface area contributed by atoms with Crippen molar-refractivity contribution in [2.45, 2.75) is 25.7 Å². The van der Waals surface area contributed by atoms with E-state index in [4.69, 9.17) is 4.74 Å². The molecule has 0 aliphatic carbocycles. The van der Waals surface area contributed by atoms with Crippen LogP contribution in [0.25, 0.3) is 0 Å². The lowest BCUT2D eigenvalue weighted by Crippen LogP contribution is -2.44. The van der Waals surface area contributed by atoms with Crippen molar-refractivity contribution in [1.29, 1.82) is 0 Å². The molecule has 112 valence electrons. The van der Waals surface area contributed by atoms with Crippen LogP contribution in [-0.2, 0) is 4.74 Å². The molecule has 0 spiro atoms. The standard InChI is InChI=1S/C15H30N2O2/c1-16-7-3-14(4-8-16)11-17(2)12-15(13-18)5-9-19-10-6-15/h14,18H,3-13H2,1-2H3. The SMILES string of the molecule is CN1CCC(CN(C)CC2(CO)CCOCC2)CC1. The third kappa shape index (κ3) is 4.42. The van der Waals surface area contributed by atoms with E-state index in [-0.39, 0.29) is 5.41 Å². The molecule has 0 aromatic rings. The van der Waals surface area contributed by atoms with Crippen LogP contribution < -0.4 is 0 Å². The quantitative estimate of drug-likeness (QED) is 0.810. The number of nitrogens with zero attached hydrogens (tertiary/aromatic N) is 2. The highest BCUT2D eigenvalue weighted by atomic mass is 16.5. The van der Waals surface area contributed by atoms with E-state index in [1.807, 2.05) is 0 Å². The smallest absolute Gasteiger partial charge is 0.0501 e. The second-order valence-electron chi connectivity index (χ2n) is 6.71. The van der Waals surface area contributed by atoms with Gasteiger partial charge in [-0.15, -0.1) is 0 Å². The topological polar surface area (TPSA) is 35.9 Å². The monoisotopic (exact) mass is 270 g/mol. The van der Waals surface area contributed by atoms with Crippen molar-refractivity contribution in [1.82, 2.24) is 9.80 Å². The molecule has 19 heavy (non-hydrogen) atoms. The minimum atomic E-state index is 0.0818. The number of aliphatic hydroxyl groups excluding tert-OH is 1. The molecule has 2 fully saturated rings. The second kappa shape index (κ2) is 7.02. The molecule has 4 heteroatoms. The minimum absolute atomic E-state index is 0.0818. The van der Waals surface area contributed by atoms with Crippen LogP contribution in [0.1, 0.15) is 25.7 Å². The van der Waals surface area contributed by atoms with Gasteiger partial charge in [-0.3, -0.25) is 0 Å². The van der Waals surface area contributed by atoms with E-state index in [0.29, 0.717) is 6.61 Å². The molecular formula is C15H30N2O2. The fourth-order valence-electron chi connectivity index (χ4n) is 3.49. The first-order valence-corrected chi connectivity index (χ1v) is 7.69. The van der Waals surface area contributed by atoms with Crippen LogP contribution in [0.5, 0.6) is 0 Å². The number of piperidine rings is 1. The van der Waals surface area contributed by atoms with Crippen molar-refractivity contribution in [2.75, 3.05) is 60.1 Å². The highest BCUT2D eigenvalue weighted by Gasteiger charge is 2.33. The lowest BCUT2D eigenvalue weighted by Gasteiger charge is -2.40. The van der Waals surface area contributed by atoms with Crippen LogP contribution in [0.4, 0.5) is 0 Å². The molecule has 4 nitrogen and oxygen atoms in total. The number of hydrogen-bond acceptors (Lipinski definition) is 4. The van der Waals surface area contributed by atoms with Crippen LogP contribution in [0.15, 0.2) is 0 Å². The molecule has 1 N–H and O–H groups in total. The normalized spacial score (nSPS) is 25.9. The number of ether oxygens (including phenoxy) is 1. The Bertz CT molecular complexity index is 259. The Morgan fingerprint density at radius 2 is 1.89 bits per heavy atom. The summed E-state index contributed by atoms with van der Waals surface area (Å²) in [6.45, 7) is 6.57. The summed E-state index contributed by atoms with van der Waals surface area (Å²) in [5, 5.41) is 9.74. The van der Waals surface area contributed by atoms with Gasteiger partial charge in [0.25, 0.3) is 0 Å². The molecule has 0 bridgehead atoms. The summed E-state index contributed by atoms with van der Waals surface area (Å²) >= 11 is 0. The molecule has 2 aliphatic heterocycles. The van der Waals surface area contributed by atoms with Gasteiger partial charge in [-0.2, -0.15) is 0 Å². The molecule has 0 saturated carbocycles. The Morgan fingerprint density at radius 1 is 1.26 bits per heavy atom. The predicted octanol–water partition coefficient (Wildman–Crippen LogP) is 1.05. The summed E-state index contributed by atoms with van der Waals surface area (Å²) < 4.78 is 5.43. The van der Waals surface area contributed by atoms with Crippen LogP contribution >= 0.6 is 0 Å². The molecule has 0 unspecified atom stereocenters. The van der Waals surface area contributed by atoms with Crippen molar-refractivity contribution in [2.24, 2.45) is 11.3 Å². The lowest BCUT2D eigenvalue weighted by molar-refractivity contribution is -0.0332. The Balaban J connectivity index is 1.77. The van der Waals surface area contributed by atoms with E-state index < -0.39 is 0 Å². The Hall–Kier alpha value is -0.160. The molecule has 0 radical (unpaired) electrons. The Labute approximate surface area is 117 Å². The maximum Gasteiger partial charge on any atom is 0.0501 e. The zero-order valence-corrected chi connectivity index (χ0v) is 12.6. The molecule has 0 atom stereocenters. The van der Waals surface area contributed by atoms with E-state index in [0.717, 1.165) is 38.5 Å². The van der Waals surface area contributed by atoms with Gasteiger partial charge in [-0.25, -0.2) is 0 Å². The first-order valence-electron chi connectivity index (χ1n) is 7.69. The molecular weight excluding hydrogens is 240 g/mol. The van der Waals surface area contributed by atoms with Crippen LogP contribution in [0, 0.1) is 11.3 Å². The average Bonchev–Trinajstić information content (AvgIpc) is 2.42. The van der Waals surface area contributed by atoms with Gasteiger partial charge in [0.15, 0.2) is 0 Å². The van der Waals surface area contributed by atoms with Crippen molar-refractivity contribution in [3.8, 4) is 0 Å². The maximum atomic E-state index is 9.74. The number of rotatable bonds is 5. The Morgan fingerprint density at radius 3 is 2.47 bits per heavy atom. The zero-order chi connectivity index (χ0) is 13.7. The summed E-state index contributed by atoms with van der Waals surface area (Å²) in [6, 6.07) is 0. The minimum Gasteiger partial charge on any atom is -0.396 e. The van der Waals surface area contributed by atoms with E-state index in [1.54, 1.807) is 0 Å². The van der Waals surface area contributed by atoms with Crippen LogP contribution in [0.2, 0.25) is 0 Å². The van der Waals surface area contributed by atoms with Gasteiger partial charge in [0, 0.05) is 31.7 Å². The van der Waals surface area contributed by atoms with Gasteiger partial charge in [-0.05, 0) is 58.8 Å². The zero-order valence-electron chi connectivity index (χ0n) is 12.6. The highest BCUT2D eigenvalue weighted by Crippen LogP contribution is 2.31. The van der Waals surface area contributed by atoms with Gasteiger partial charge in [0.1, 0.15) is 0 Å². The summed E-state index contributed by atoms with van der Waals surface area (Å²) in [7, 11) is 4.42. The maximum absolute atomic E-state index is 9.74. The van der Waals surface area contributed by atoms with Crippen molar-refractivity contribution in [3.63, 3.8) is 0 Å². The predicted molar refractivity (Wildman–Crippen MR) is 77.3 cm³/mol. The van der Waals surface area contributed by atoms with E-state index >= 15 is 0 Å². The summed E-state index contributed by atoms with van der Waals surface area (Å²) in [4.78, 5) is 4.86. The van der Waals surface area contributed by atoms with Gasteiger partial charge >= 0.3 is 0 Å². The van der Waals surface area contributed by atoms with E-state index in [9.17, 15) is 5.11 Å². The van der Waals surface area contributed by atoms with Gasteiger partial charge in [0.2, 0.25) is 0 Å². The number of likely N-dealkylation sites (tertiary alicyclic amines) is 1. The second-order valence-corrected chi connectivity index (χ2v) is 6.71. The molecule has 2 heterocycles.